The highest BCUT2D eigenvalue weighted by Gasteiger charge is 2.41. The molecule has 0 saturated carbocycles. The average Bonchev–Trinajstić information content (AvgIpc) is 3.06. The molecule has 22 heavy (non-hydrogen) atoms. The van der Waals surface area contributed by atoms with Crippen molar-refractivity contribution in [2.24, 2.45) is 5.92 Å². The molecule has 3 rings (SSSR count). The third-order valence-electron chi connectivity index (χ3n) is 4.91. The monoisotopic (exact) mass is 309 g/mol. The van der Waals surface area contributed by atoms with Gasteiger partial charge in [0.15, 0.2) is 11.6 Å². The fourth-order valence-corrected chi connectivity index (χ4v) is 3.38. The van der Waals surface area contributed by atoms with E-state index < -0.39 is 5.60 Å². The molecule has 0 spiro atoms. The Balaban J connectivity index is 1.41. The Kier molecular flexibility index (Phi) is 4.96. The van der Waals surface area contributed by atoms with Crippen molar-refractivity contribution >= 4 is 0 Å². The molecule has 0 radical (unpaired) electrons. The lowest BCUT2D eigenvalue weighted by atomic mass is 9.79. The molecule has 1 aromatic carbocycles. The van der Waals surface area contributed by atoms with E-state index in [-0.39, 0.29) is 11.7 Å². The minimum atomic E-state index is -0.570. The van der Waals surface area contributed by atoms with Crippen LogP contribution in [0.4, 0.5) is 4.39 Å². The van der Waals surface area contributed by atoms with E-state index in [2.05, 4.69) is 4.90 Å². The number of hydrogen-bond acceptors (Lipinski definition) is 4. The van der Waals surface area contributed by atoms with E-state index in [1.165, 1.54) is 6.07 Å². The second-order valence-corrected chi connectivity index (χ2v) is 6.28. The molecule has 2 heterocycles. The largest absolute Gasteiger partial charge is 0.489 e. The first-order chi connectivity index (χ1) is 10.7. The van der Waals surface area contributed by atoms with Crippen molar-refractivity contribution in [2.45, 2.75) is 24.9 Å². The molecule has 2 aliphatic rings. The zero-order valence-electron chi connectivity index (χ0n) is 12.8. The van der Waals surface area contributed by atoms with Gasteiger partial charge in [0.25, 0.3) is 0 Å². The third-order valence-corrected chi connectivity index (χ3v) is 4.91. The van der Waals surface area contributed by atoms with Gasteiger partial charge in [0.05, 0.1) is 12.2 Å². The molecule has 1 N–H and O–H groups in total. The first kappa shape index (κ1) is 15.7. The fraction of sp³-hybridized carbons (Fsp3) is 0.647. The van der Waals surface area contributed by atoms with Crippen molar-refractivity contribution < 1.29 is 19.0 Å². The summed E-state index contributed by atoms with van der Waals surface area (Å²) >= 11 is 0. The number of nitrogens with zero attached hydrogens (tertiary/aromatic N) is 1. The van der Waals surface area contributed by atoms with Gasteiger partial charge in [-0.3, -0.25) is 4.90 Å². The lowest BCUT2D eigenvalue weighted by molar-refractivity contribution is -0.0691. The smallest absolute Gasteiger partial charge is 0.165 e. The average molecular weight is 309 g/mol. The summed E-state index contributed by atoms with van der Waals surface area (Å²) in [6.07, 6.45) is 2.52. The van der Waals surface area contributed by atoms with E-state index in [0.29, 0.717) is 19.0 Å². The van der Waals surface area contributed by atoms with Crippen LogP contribution in [0.2, 0.25) is 0 Å². The summed E-state index contributed by atoms with van der Waals surface area (Å²) in [7, 11) is 0. The van der Waals surface area contributed by atoms with Crippen LogP contribution >= 0.6 is 0 Å². The number of benzene rings is 1. The Morgan fingerprint density at radius 3 is 2.77 bits per heavy atom. The number of ether oxygens (including phenoxy) is 2. The maximum Gasteiger partial charge on any atom is 0.165 e. The molecule has 4 nitrogen and oxygen atoms in total. The van der Waals surface area contributed by atoms with Gasteiger partial charge in [0.1, 0.15) is 6.61 Å². The summed E-state index contributed by atoms with van der Waals surface area (Å²) in [4.78, 5) is 2.27. The predicted octanol–water partition coefficient (Wildman–Crippen LogP) is 2.07. The van der Waals surface area contributed by atoms with Crippen molar-refractivity contribution in [3.05, 3.63) is 30.1 Å². The molecular weight excluding hydrogens is 285 g/mol. The van der Waals surface area contributed by atoms with E-state index in [1.54, 1.807) is 18.2 Å². The maximum atomic E-state index is 13.4. The molecule has 1 unspecified atom stereocenters. The van der Waals surface area contributed by atoms with E-state index >= 15 is 0 Å². The van der Waals surface area contributed by atoms with Crippen LogP contribution in [-0.2, 0) is 4.74 Å². The van der Waals surface area contributed by atoms with Crippen LogP contribution in [0.15, 0.2) is 24.3 Å². The van der Waals surface area contributed by atoms with E-state index in [1.807, 2.05) is 0 Å². The highest BCUT2D eigenvalue weighted by Crippen LogP contribution is 2.34. The highest BCUT2D eigenvalue weighted by atomic mass is 19.1. The maximum absolute atomic E-state index is 13.4. The van der Waals surface area contributed by atoms with Crippen LogP contribution in [-0.4, -0.2) is 55.1 Å². The second kappa shape index (κ2) is 6.94. The topological polar surface area (TPSA) is 41.9 Å². The number of halogens is 1. The molecule has 0 aromatic heterocycles. The number of hydrogen-bond donors (Lipinski definition) is 1. The zero-order chi connectivity index (χ0) is 15.4. The Morgan fingerprint density at radius 2 is 2.09 bits per heavy atom. The number of aliphatic hydroxyl groups is 1. The summed E-state index contributed by atoms with van der Waals surface area (Å²) < 4.78 is 24.3. The van der Waals surface area contributed by atoms with E-state index in [0.717, 1.165) is 45.5 Å². The first-order valence-electron chi connectivity index (χ1n) is 8.07. The van der Waals surface area contributed by atoms with Gasteiger partial charge in [-0.2, -0.15) is 0 Å². The normalized spacial score (nSPS) is 25.3. The van der Waals surface area contributed by atoms with Gasteiger partial charge >= 0.3 is 0 Å². The first-order valence-corrected chi connectivity index (χ1v) is 8.07. The Labute approximate surface area is 130 Å². The molecule has 2 fully saturated rings. The third kappa shape index (κ3) is 3.59. The highest BCUT2D eigenvalue weighted by molar-refractivity contribution is 5.23. The number of para-hydroxylation sites is 1. The standard InChI is InChI=1S/C17H24FNO3/c18-15-3-1-2-4-16(15)22-12-10-19-8-6-17(20,7-9-19)14-5-11-21-13-14/h1-4,14,20H,5-13H2. The quantitative estimate of drug-likeness (QED) is 0.904. The summed E-state index contributed by atoms with van der Waals surface area (Å²) in [5.41, 5.74) is -0.570. The van der Waals surface area contributed by atoms with Gasteiger partial charge in [-0.05, 0) is 31.4 Å². The summed E-state index contributed by atoms with van der Waals surface area (Å²) in [5, 5.41) is 10.7. The van der Waals surface area contributed by atoms with Gasteiger partial charge in [-0.1, -0.05) is 12.1 Å². The van der Waals surface area contributed by atoms with Crippen molar-refractivity contribution in [1.29, 1.82) is 0 Å². The Morgan fingerprint density at radius 1 is 1.32 bits per heavy atom. The number of piperidine rings is 1. The van der Waals surface area contributed by atoms with Gasteiger partial charge in [0.2, 0.25) is 0 Å². The molecule has 2 saturated heterocycles. The Hall–Kier alpha value is -1.17. The fourth-order valence-electron chi connectivity index (χ4n) is 3.38. The van der Waals surface area contributed by atoms with Gasteiger partial charge < -0.3 is 14.6 Å². The minimum absolute atomic E-state index is 0.282. The number of rotatable bonds is 5. The van der Waals surface area contributed by atoms with Crippen LogP contribution in [0.5, 0.6) is 5.75 Å². The molecule has 5 heteroatoms. The van der Waals surface area contributed by atoms with Crippen LogP contribution in [0, 0.1) is 11.7 Å². The summed E-state index contributed by atoms with van der Waals surface area (Å²) in [5.74, 6) is 0.264. The van der Waals surface area contributed by atoms with E-state index in [9.17, 15) is 9.50 Å². The lowest BCUT2D eigenvalue weighted by Crippen LogP contribution is -2.49. The van der Waals surface area contributed by atoms with Crippen molar-refractivity contribution in [3.8, 4) is 5.75 Å². The van der Waals surface area contributed by atoms with Crippen LogP contribution in [0.3, 0.4) is 0 Å². The van der Waals surface area contributed by atoms with Crippen LogP contribution in [0.1, 0.15) is 19.3 Å². The molecule has 0 bridgehead atoms. The van der Waals surface area contributed by atoms with Crippen LogP contribution < -0.4 is 4.74 Å². The minimum Gasteiger partial charge on any atom is -0.489 e. The molecule has 1 aromatic rings. The van der Waals surface area contributed by atoms with Gasteiger partial charge in [0, 0.05) is 32.2 Å². The van der Waals surface area contributed by atoms with Crippen molar-refractivity contribution in [3.63, 3.8) is 0 Å². The van der Waals surface area contributed by atoms with Crippen LogP contribution in [0.25, 0.3) is 0 Å². The van der Waals surface area contributed by atoms with Gasteiger partial charge in [-0.15, -0.1) is 0 Å². The zero-order valence-corrected chi connectivity index (χ0v) is 12.8. The number of likely N-dealkylation sites (tertiary alicyclic amines) is 1. The van der Waals surface area contributed by atoms with Crippen molar-refractivity contribution in [1.82, 2.24) is 4.90 Å². The second-order valence-electron chi connectivity index (χ2n) is 6.28. The van der Waals surface area contributed by atoms with Crippen molar-refractivity contribution in [2.75, 3.05) is 39.5 Å². The molecule has 0 amide bonds. The molecule has 1 atom stereocenters. The predicted molar refractivity (Wildman–Crippen MR) is 81.4 cm³/mol. The molecular formula is C17H24FNO3. The SMILES string of the molecule is OC1(C2CCOC2)CCN(CCOc2ccccc2F)CC1. The van der Waals surface area contributed by atoms with Gasteiger partial charge in [-0.25, -0.2) is 4.39 Å². The summed E-state index contributed by atoms with van der Waals surface area (Å²) in [6.45, 7) is 4.39. The molecule has 122 valence electrons. The molecule has 0 aliphatic carbocycles. The Bertz CT molecular complexity index is 483. The summed E-state index contributed by atoms with van der Waals surface area (Å²) in [6, 6.07) is 6.47. The molecule has 2 aliphatic heterocycles. The van der Waals surface area contributed by atoms with E-state index in [4.69, 9.17) is 9.47 Å². The lowest BCUT2D eigenvalue weighted by Gasteiger charge is -2.41.